The number of hydrogen-bond acceptors (Lipinski definition) is 2. The van der Waals surface area contributed by atoms with E-state index >= 15 is 0 Å². The molecule has 0 atom stereocenters. The van der Waals surface area contributed by atoms with E-state index in [9.17, 15) is 9.59 Å². The van der Waals surface area contributed by atoms with Crippen molar-refractivity contribution in [1.29, 1.82) is 0 Å². The van der Waals surface area contributed by atoms with E-state index in [2.05, 4.69) is 0 Å². The molecule has 1 aliphatic heterocycles. The van der Waals surface area contributed by atoms with Crippen molar-refractivity contribution >= 4 is 11.9 Å². The van der Waals surface area contributed by atoms with E-state index in [0.29, 0.717) is 13.0 Å². The molecule has 13 heavy (non-hydrogen) atoms. The molecule has 0 saturated carbocycles. The van der Waals surface area contributed by atoms with E-state index in [4.69, 9.17) is 0 Å². The molecule has 0 aromatic heterocycles. The quantitative estimate of drug-likeness (QED) is 0.611. The fraction of sp³-hybridized carbons (Fsp3) is 0.778. The molecule has 3 amide bonds. The van der Waals surface area contributed by atoms with Gasteiger partial charge in [0, 0.05) is 13.5 Å². The topological polar surface area (TPSA) is 40.6 Å². The highest BCUT2D eigenvalue weighted by molar-refractivity contribution is 5.96. The normalized spacial score (nSPS) is 21.1. The second-order valence-corrected chi connectivity index (χ2v) is 3.99. The first-order valence-corrected chi connectivity index (χ1v) is 4.48. The van der Waals surface area contributed by atoms with Crippen LogP contribution in [-0.4, -0.2) is 40.9 Å². The van der Waals surface area contributed by atoms with Crippen molar-refractivity contribution in [3.8, 4) is 0 Å². The van der Waals surface area contributed by atoms with Gasteiger partial charge >= 0.3 is 6.03 Å². The van der Waals surface area contributed by atoms with E-state index in [1.165, 1.54) is 4.90 Å². The van der Waals surface area contributed by atoms with Gasteiger partial charge in [-0.15, -0.1) is 0 Å². The van der Waals surface area contributed by atoms with Crippen LogP contribution in [0.4, 0.5) is 4.79 Å². The molecule has 4 heteroatoms. The summed E-state index contributed by atoms with van der Waals surface area (Å²) in [7, 11) is 1.73. The van der Waals surface area contributed by atoms with E-state index in [-0.39, 0.29) is 17.5 Å². The summed E-state index contributed by atoms with van der Waals surface area (Å²) < 4.78 is 0. The zero-order chi connectivity index (χ0) is 10.2. The van der Waals surface area contributed by atoms with Crippen molar-refractivity contribution in [1.82, 2.24) is 9.80 Å². The van der Waals surface area contributed by atoms with Crippen LogP contribution in [0.2, 0.25) is 0 Å². The minimum Gasteiger partial charge on any atom is -0.320 e. The van der Waals surface area contributed by atoms with Crippen LogP contribution in [0.25, 0.3) is 0 Å². The molecular weight excluding hydrogens is 168 g/mol. The summed E-state index contributed by atoms with van der Waals surface area (Å²) in [5.41, 5.74) is -0.234. The molecule has 0 N–H and O–H groups in total. The van der Waals surface area contributed by atoms with Crippen LogP contribution in [0.1, 0.15) is 27.2 Å². The number of imide groups is 1. The molecule has 1 saturated heterocycles. The summed E-state index contributed by atoms with van der Waals surface area (Å²) >= 11 is 0. The lowest BCUT2D eigenvalue weighted by Crippen LogP contribution is -2.38. The van der Waals surface area contributed by atoms with E-state index < -0.39 is 0 Å². The van der Waals surface area contributed by atoms with Crippen LogP contribution in [0.5, 0.6) is 0 Å². The summed E-state index contributed by atoms with van der Waals surface area (Å²) in [6, 6.07) is -0.183. The average molecular weight is 184 g/mol. The van der Waals surface area contributed by atoms with E-state index in [0.717, 1.165) is 0 Å². The molecule has 0 aliphatic carbocycles. The molecular formula is C9H16N2O2. The van der Waals surface area contributed by atoms with Gasteiger partial charge in [-0.25, -0.2) is 4.79 Å². The number of likely N-dealkylation sites (N-methyl/N-ethyl adjacent to an activating group) is 1. The largest absolute Gasteiger partial charge is 0.327 e. The van der Waals surface area contributed by atoms with Crippen molar-refractivity contribution in [2.45, 2.75) is 32.7 Å². The number of nitrogens with zero attached hydrogens (tertiary/aromatic N) is 2. The Bertz CT molecular complexity index is 248. The Hall–Kier alpha value is -1.06. The molecule has 0 radical (unpaired) electrons. The van der Waals surface area contributed by atoms with Gasteiger partial charge in [-0.05, 0) is 13.8 Å². The molecule has 1 rings (SSSR count). The summed E-state index contributed by atoms with van der Waals surface area (Å²) in [4.78, 5) is 25.8. The third-order valence-electron chi connectivity index (χ3n) is 2.57. The lowest BCUT2D eigenvalue weighted by molar-refractivity contribution is -0.127. The van der Waals surface area contributed by atoms with E-state index in [1.54, 1.807) is 18.9 Å². The minimum absolute atomic E-state index is 0.0950. The molecule has 0 bridgehead atoms. The van der Waals surface area contributed by atoms with Gasteiger partial charge in [0.25, 0.3) is 0 Å². The summed E-state index contributed by atoms with van der Waals surface area (Å²) in [5, 5.41) is 0. The van der Waals surface area contributed by atoms with Gasteiger partial charge in [0.2, 0.25) is 5.91 Å². The number of amides is 3. The Morgan fingerprint density at radius 2 is 2.08 bits per heavy atom. The van der Waals surface area contributed by atoms with Crippen LogP contribution in [-0.2, 0) is 4.79 Å². The van der Waals surface area contributed by atoms with Gasteiger partial charge in [0.15, 0.2) is 0 Å². The van der Waals surface area contributed by atoms with Crippen LogP contribution in [0.15, 0.2) is 0 Å². The third kappa shape index (κ3) is 1.53. The summed E-state index contributed by atoms with van der Waals surface area (Å²) in [5.74, 6) is -0.0950. The Kier molecular flexibility index (Phi) is 2.32. The Labute approximate surface area is 78.5 Å². The molecule has 1 heterocycles. The number of rotatable bonds is 1. The van der Waals surface area contributed by atoms with Crippen molar-refractivity contribution in [3.63, 3.8) is 0 Å². The average Bonchev–Trinajstić information content (AvgIpc) is 2.28. The third-order valence-corrected chi connectivity index (χ3v) is 2.57. The molecule has 0 aromatic rings. The smallest absolute Gasteiger partial charge is 0.320 e. The molecule has 4 nitrogen and oxygen atoms in total. The fourth-order valence-corrected chi connectivity index (χ4v) is 1.39. The Morgan fingerprint density at radius 1 is 1.54 bits per heavy atom. The number of carbonyl (C=O) groups is 2. The highest BCUT2D eigenvalue weighted by Crippen LogP contribution is 2.24. The van der Waals surface area contributed by atoms with Crippen molar-refractivity contribution in [2.75, 3.05) is 13.6 Å². The van der Waals surface area contributed by atoms with Crippen molar-refractivity contribution < 1.29 is 9.59 Å². The molecule has 0 aromatic carbocycles. The van der Waals surface area contributed by atoms with Gasteiger partial charge in [0.05, 0.1) is 12.1 Å². The SMILES string of the molecule is CCC(=O)N1CC(C)(C)N(C)C1=O. The first-order valence-electron chi connectivity index (χ1n) is 4.48. The lowest BCUT2D eigenvalue weighted by Gasteiger charge is -2.24. The second kappa shape index (κ2) is 3.01. The summed E-state index contributed by atoms with van der Waals surface area (Å²) in [6.07, 6.45) is 0.385. The first kappa shape index (κ1) is 10.0. The van der Waals surface area contributed by atoms with Crippen molar-refractivity contribution in [2.24, 2.45) is 0 Å². The molecule has 1 fully saturated rings. The Morgan fingerprint density at radius 3 is 2.38 bits per heavy atom. The maximum Gasteiger partial charge on any atom is 0.327 e. The number of hydrogen-bond donors (Lipinski definition) is 0. The van der Waals surface area contributed by atoms with Crippen molar-refractivity contribution in [3.05, 3.63) is 0 Å². The fourth-order valence-electron chi connectivity index (χ4n) is 1.39. The second-order valence-electron chi connectivity index (χ2n) is 3.99. The monoisotopic (exact) mass is 184 g/mol. The lowest BCUT2D eigenvalue weighted by atomic mass is 10.1. The maximum absolute atomic E-state index is 11.6. The molecule has 1 aliphatic rings. The first-order chi connectivity index (χ1) is 5.90. The Balaban J connectivity index is 2.84. The highest BCUT2D eigenvalue weighted by atomic mass is 16.2. The molecule has 0 unspecified atom stereocenters. The van der Waals surface area contributed by atoms with Gasteiger partial charge in [0.1, 0.15) is 0 Å². The van der Waals surface area contributed by atoms with Crippen LogP contribution in [0, 0.1) is 0 Å². The van der Waals surface area contributed by atoms with Crippen LogP contribution in [0.3, 0.4) is 0 Å². The van der Waals surface area contributed by atoms with Gasteiger partial charge < -0.3 is 4.90 Å². The predicted octanol–water partition coefficient (Wildman–Crippen LogP) is 1.07. The standard InChI is InChI=1S/C9H16N2O2/c1-5-7(12)11-6-9(2,3)10(4)8(11)13/h5-6H2,1-4H3. The minimum atomic E-state index is -0.234. The zero-order valence-electron chi connectivity index (χ0n) is 8.63. The van der Waals surface area contributed by atoms with Gasteiger partial charge in [-0.1, -0.05) is 6.92 Å². The van der Waals surface area contributed by atoms with Gasteiger partial charge in [-0.2, -0.15) is 0 Å². The molecule has 74 valence electrons. The molecule has 0 spiro atoms. The zero-order valence-corrected chi connectivity index (χ0v) is 8.63. The van der Waals surface area contributed by atoms with E-state index in [1.807, 2.05) is 13.8 Å². The number of urea groups is 1. The maximum atomic E-state index is 11.6. The van der Waals surface area contributed by atoms with Crippen LogP contribution < -0.4 is 0 Å². The highest BCUT2D eigenvalue weighted by Gasteiger charge is 2.42. The van der Waals surface area contributed by atoms with Crippen LogP contribution >= 0.6 is 0 Å². The predicted molar refractivity (Wildman–Crippen MR) is 49.2 cm³/mol. The summed E-state index contributed by atoms with van der Waals surface area (Å²) in [6.45, 7) is 6.16. The number of carbonyl (C=O) groups excluding carboxylic acids is 2. The van der Waals surface area contributed by atoms with Gasteiger partial charge in [-0.3, -0.25) is 9.69 Å².